The largest absolute Gasteiger partial charge is 0.508 e. The molecule has 0 aliphatic carbocycles. The molecule has 0 radical (unpaired) electrons. The van der Waals surface area contributed by atoms with Crippen LogP contribution in [0.15, 0.2) is 24.3 Å². The molecule has 1 aromatic carbocycles. The Bertz CT molecular complexity index is 475. The van der Waals surface area contributed by atoms with E-state index in [0.717, 1.165) is 25.9 Å². The number of carboxylic acids is 1. The first kappa shape index (κ1) is 14.5. The second-order valence-corrected chi connectivity index (χ2v) is 5.17. The van der Waals surface area contributed by atoms with E-state index in [1.165, 1.54) is 12.1 Å². The standard InChI is InChI=1S/C15H19NO4/c17-13-3-1-11(2-4-13)15(20)12-5-8-16(9-6-12)10-7-14(18)19/h1-4,12,17H,5-10H2,(H,18,19). The number of likely N-dealkylation sites (tertiary alicyclic amines) is 1. The van der Waals surface area contributed by atoms with Gasteiger partial charge < -0.3 is 15.1 Å². The van der Waals surface area contributed by atoms with E-state index in [4.69, 9.17) is 5.11 Å². The summed E-state index contributed by atoms with van der Waals surface area (Å²) in [5, 5.41) is 17.9. The summed E-state index contributed by atoms with van der Waals surface area (Å²) in [7, 11) is 0. The Morgan fingerprint density at radius 2 is 1.75 bits per heavy atom. The molecular weight excluding hydrogens is 258 g/mol. The predicted molar refractivity (Wildman–Crippen MR) is 73.9 cm³/mol. The fraction of sp³-hybridized carbons (Fsp3) is 0.467. The molecule has 1 aliphatic heterocycles. The number of carboxylic acid groups (broad SMARTS) is 1. The molecule has 0 atom stereocenters. The Morgan fingerprint density at radius 1 is 1.15 bits per heavy atom. The van der Waals surface area contributed by atoms with Gasteiger partial charge in [-0.2, -0.15) is 0 Å². The Kier molecular flexibility index (Phi) is 4.74. The lowest BCUT2D eigenvalue weighted by Gasteiger charge is -2.30. The number of aliphatic carboxylic acids is 1. The third-order valence-corrected chi connectivity index (χ3v) is 3.75. The number of Topliss-reactive ketones (excluding diaryl/α,β-unsaturated/α-hetero) is 1. The molecule has 0 bridgehead atoms. The molecule has 1 aromatic rings. The third-order valence-electron chi connectivity index (χ3n) is 3.75. The highest BCUT2D eigenvalue weighted by molar-refractivity contribution is 5.98. The molecule has 1 saturated heterocycles. The van der Waals surface area contributed by atoms with E-state index in [9.17, 15) is 14.7 Å². The van der Waals surface area contributed by atoms with Crippen molar-refractivity contribution >= 4 is 11.8 Å². The molecule has 0 amide bonds. The van der Waals surface area contributed by atoms with E-state index >= 15 is 0 Å². The predicted octanol–water partition coefficient (Wildman–Crippen LogP) is 1.76. The van der Waals surface area contributed by atoms with Crippen molar-refractivity contribution in [1.82, 2.24) is 4.90 Å². The Hall–Kier alpha value is -1.88. The number of benzene rings is 1. The molecule has 0 unspecified atom stereocenters. The molecule has 2 rings (SSSR count). The van der Waals surface area contributed by atoms with E-state index in [1.807, 2.05) is 0 Å². The number of phenolic OH excluding ortho intramolecular Hbond substituents is 1. The molecule has 1 aliphatic rings. The first-order valence-corrected chi connectivity index (χ1v) is 6.83. The lowest BCUT2D eigenvalue weighted by Crippen LogP contribution is -2.37. The number of carbonyl (C=O) groups excluding carboxylic acids is 1. The van der Waals surface area contributed by atoms with Gasteiger partial charge in [-0.15, -0.1) is 0 Å². The van der Waals surface area contributed by atoms with Gasteiger partial charge >= 0.3 is 5.97 Å². The summed E-state index contributed by atoms with van der Waals surface area (Å²) < 4.78 is 0. The highest BCUT2D eigenvalue weighted by Crippen LogP contribution is 2.22. The van der Waals surface area contributed by atoms with Gasteiger partial charge in [-0.1, -0.05) is 0 Å². The topological polar surface area (TPSA) is 77.8 Å². The van der Waals surface area contributed by atoms with Gasteiger partial charge in [0.2, 0.25) is 0 Å². The van der Waals surface area contributed by atoms with Crippen LogP contribution in [0, 0.1) is 5.92 Å². The maximum Gasteiger partial charge on any atom is 0.304 e. The molecule has 108 valence electrons. The minimum atomic E-state index is -0.785. The van der Waals surface area contributed by atoms with Crippen LogP contribution in [0.25, 0.3) is 0 Å². The van der Waals surface area contributed by atoms with Crippen LogP contribution in [-0.2, 0) is 4.79 Å². The SMILES string of the molecule is O=C(O)CCN1CCC(C(=O)c2ccc(O)cc2)CC1. The molecule has 0 spiro atoms. The summed E-state index contributed by atoms with van der Waals surface area (Å²) in [6.45, 7) is 2.08. The van der Waals surface area contributed by atoms with Crippen molar-refractivity contribution in [3.05, 3.63) is 29.8 Å². The quantitative estimate of drug-likeness (QED) is 0.802. The summed E-state index contributed by atoms with van der Waals surface area (Å²) in [6.07, 6.45) is 1.68. The van der Waals surface area contributed by atoms with Gasteiger partial charge in [0.15, 0.2) is 5.78 Å². The Balaban J connectivity index is 1.85. The van der Waals surface area contributed by atoms with Gasteiger partial charge in [0.05, 0.1) is 6.42 Å². The number of rotatable bonds is 5. The van der Waals surface area contributed by atoms with Crippen molar-refractivity contribution in [2.24, 2.45) is 5.92 Å². The molecule has 5 nitrogen and oxygen atoms in total. The van der Waals surface area contributed by atoms with Crippen molar-refractivity contribution in [3.63, 3.8) is 0 Å². The van der Waals surface area contributed by atoms with Gasteiger partial charge in [0.1, 0.15) is 5.75 Å². The maximum atomic E-state index is 12.3. The molecular formula is C15H19NO4. The van der Waals surface area contributed by atoms with Crippen LogP contribution in [-0.4, -0.2) is 46.5 Å². The van der Waals surface area contributed by atoms with E-state index in [-0.39, 0.29) is 23.9 Å². The van der Waals surface area contributed by atoms with Crippen LogP contribution < -0.4 is 0 Å². The molecule has 2 N–H and O–H groups in total. The number of hydrogen-bond acceptors (Lipinski definition) is 4. The average molecular weight is 277 g/mol. The monoisotopic (exact) mass is 277 g/mol. The number of hydrogen-bond donors (Lipinski definition) is 2. The summed E-state index contributed by atoms with van der Waals surface area (Å²) in [4.78, 5) is 24.9. The Labute approximate surface area is 117 Å². The van der Waals surface area contributed by atoms with Gasteiger partial charge in [-0.05, 0) is 50.2 Å². The number of piperidine rings is 1. The van der Waals surface area contributed by atoms with E-state index in [1.54, 1.807) is 12.1 Å². The molecule has 0 saturated carbocycles. The van der Waals surface area contributed by atoms with Crippen molar-refractivity contribution < 1.29 is 19.8 Å². The van der Waals surface area contributed by atoms with Gasteiger partial charge in [-0.3, -0.25) is 9.59 Å². The minimum absolute atomic E-state index is 0.000575. The summed E-state index contributed by atoms with van der Waals surface area (Å²) in [6, 6.07) is 6.34. The smallest absolute Gasteiger partial charge is 0.304 e. The first-order chi connectivity index (χ1) is 9.56. The van der Waals surface area contributed by atoms with E-state index in [2.05, 4.69) is 4.90 Å². The fourth-order valence-electron chi connectivity index (χ4n) is 2.53. The van der Waals surface area contributed by atoms with Gasteiger partial charge in [-0.25, -0.2) is 0 Å². The van der Waals surface area contributed by atoms with Crippen LogP contribution in [0.2, 0.25) is 0 Å². The minimum Gasteiger partial charge on any atom is -0.508 e. The van der Waals surface area contributed by atoms with Gasteiger partial charge in [0.25, 0.3) is 0 Å². The third kappa shape index (κ3) is 3.81. The molecule has 5 heteroatoms. The van der Waals surface area contributed by atoms with Crippen LogP contribution in [0.1, 0.15) is 29.6 Å². The van der Waals surface area contributed by atoms with E-state index < -0.39 is 5.97 Å². The molecule has 0 aromatic heterocycles. The average Bonchev–Trinajstić information content (AvgIpc) is 2.46. The Morgan fingerprint density at radius 3 is 2.30 bits per heavy atom. The summed E-state index contributed by atoms with van der Waals surface area (Å²) in [5.74, 6) is -0.513. The number of ketones is 1. The van der Waals surface area contributed by atoms with Crippen LogP contribution in [0.5, 0.6) is 5.75 Å². The zero-order valence-corrected chi connectivity index (χ0v) is 11.3. The lowest BCUT2D eigenvalue weighted by molar-refractivity contribution is -0.137. The first-order valence-electron chi connectivity index (χ1n) is 6.83. The van der Waals surface area contributed by atoms with E-state index in [0.29, 0.717) is 12.1 Å². The molecule has 1 fully saturated rings. The second-order valence-electron chi connectivity index (χ2n) is 5.17. The van der Waals surface area contributed by atoms with Crippen LogP contribution >= 0.6 is 0 Å². The van der Waals surface area contributed by atoms with Crippen LogP contribution in [0.3, 0.4) is 0 Å². The summed E-state index contributed by atoms with van der Waals surface area (Å²) >= 11 is 0. The normalized spacial score (nSPS) is 17.0. The van der Waals surface area contributed by atoms with Crippen molar-refractivity contribution in [2.75, 3.05) is 19.6 Å². The number of phenols is 1. The molecule has 20 heavy (non-hydrogen) atoms. The van der Waals surface area contributed by atoms with Crippen molar-refractivity contribution in [2.45, 2.75) is 19.3 Å². The highest BCUT2D eigenvalue weighted by atomic mass is 16.4. The zero-order chi connectivity index (χ0) is 14.5. The second kappa shape index (κ2) is 6.52. The highest BCUT2D eigenvalue weighted by Gasteiger charge is 2.25. The van der Waals surface area contributed by atoms with Crippen molar-refractivity contribution in [3.8, 4) is 5.75 Å². The zero-order valence-electron chi connectivity index (χ0n) is 11.3. The lowest BCUT2D eigenvalue weighted by atomic mass is 9.89. The number of aromatic hydroxyl groups is 1. The van der Waals surface area contributed by atoms with Crippen LogP contribution in [0.4, 0.5) is 0 Å². The number of carbonyl (C=O) groups is 2. The number of nitrogens with zero attached hydrogens (tertiary/aromatic N) is 1. The molecule has 1 heterocycles. The van der Waals surface area contributed by atoms with Crippen molar-refractivity contribution in [1.29, 1.82) is 0 Å². The fourth-order valence-corrected chi connectivity index (χ4v) is 2.53. The summed E-state index contributed by atoms with van der Waals surface area (Å²) in [5.41, 5.74) is 0.631. The maximum absolute atomic E-state index is 12.3. The van der Waals surface area contributed by atoms with Gasteiger partial charge in [0, 0.05) is 18.0 Å².